The Hall–Kier alpha value is -4.17. The van der Waals surface area contributed by atoms with Crippen LogP contribution in [-0.2, 0) is 0 Å². The third-order valence-corrected chi connectivity index (χ3v) is 6.59. The molecule has 5 aromatic carbocycles. The van der Waals surface area contributed by atoms with Gasteiger partial charge in [-0.05, 0) is 76.7 Å². The zero-order chi connectivity index (χ0) is 21.2. The van der Waals surface area contributed by atoms with E-state index in [0.717, 1.165) is 16.7 Å². The topological polar surface area (TPSA) is 17.3 Å². The summed E-state index contributed by atoms with van der Waals surface area (Å²) in [7, 11) is 0. The molecule has 0 aliphatic heterocycles. The summed E-state index contributed by atoms with van der Waals surface area (Å²) in [5, 5.41) is 6.23. The summed E-state index contributed by atoms with van der Waals surface area (Å²) in [4.78, 5) is 5.02. The summed E-state index contributed by atoms with van der Waals surface area (Å²) in [5.74, 6) is 0. The number of hydrogen-bond donors (Lipinski definition) is 0. The number of nitrogens with zero attached hydrogens (tertiary/aromatic N) is 2. The molecule has 0 amide bonds. The highest BCUT2D eigenvalue weighted by atomic mass is 15.0. The zero-order valence-corrected chi connectivity index (χ0v) is 17.7. The predicted molar refractivity (Wildman–Crippen MR) is 135 cm³/mol. The molecule has 0 saturated heterocycles. The van der Waals surface area contributed by atoms with Crippen LogP contribution < -0.4 is 0 Å². The minimum absolute atomic E-state index is 1.02. The number of fused-ring (bicyclic) bond motifs is 9. The van der Waals surface area contributed by atoms with Crippen molar-refractivity contribution in [1.82, 2.24) is 9.38 Å². The van der Waals surface area contributed by atoms with Gasteiger partial charge >= 0.3 is 0 Å². The molecule has 32 heavy (non-hydrogen) atoms. The van der Waals surface area contributed by atoms with E-state index < -0.39 is 0 Å². The van der Waals surface area contributed by atoms with Crippen molar-refractivity contribution in [2.75, 3.05) is 0 Å². The van der Waals surface area contributed by atoms with Crippen LogP contribution in [0.25, 0.3) is 60.3 Å². The monoisotopic (exact) mass is 408 g/mol. The molecule has 150 valence electrons. The molecule has 7 aromatic rings. The van der Waals surface area contributed by atoms with Crippen molar-refractivity contribution >= 4 is 49.1 Å². The van der Waals surface area contributed by atoms with Crippen LogP contribution in [0, 0.1) is 6.92 Å². The van der Waals surface area contributed by atoms with Crippen LogP contribution in [0.2, 0.25) is 0 Å². The van der Waals surface area contributed by atoms with Gasteiger partial charge in [-0.1, -0.05) is 66.2 Å². The molecule has 7 rings (SSSR count). The second kappa shape index (κ2) is 6.41. The van der Waals surface area contributed by atoms with Crippen LogP contribution in [0.15, 0.2) is 103 Å². The molecule has 0 aliphatic carbocycles. The molecule has 2 heterocycles. The summed E-state index contributed by atoms with van der Waals surface area (Å²) in [5.41, 5.74) is 8.12. The van der Waals surface area contributed by atoms with E-state index in [1.165, 1.54) is 49.1 Å². The molecule has 0 spiro atoms. The van der Waals surface area contributed by atoms with Crippen molar-refractivity contribution in [3.05, 3.63) is 109 Å². The second-order valence-electron chi connectivity index (χ2n) is 8.60. The Morgan fingerprint density at radius 2 is 1.34 bits per heavy atom. The van der Waals surface area contributed by atoms with Gasteiger partial charge in [0, 0.05) is 10.8 Å². The largest absolute Gasteiger partial charge is 0.292 e. The lowest BCUT2D eigenvalue weighted by molar-refractivity contribution is 1.31. The van der Waals surface area contributed by atoms with Gasteiger partial charge in [0.15, 0.2) is 0 Å². The lowest BCUT2D eigenvalue weighted by Crippen LogP contribution is -1.92. The smallest absolute Gasteiger partial charge is 0.146 e. The van der Waals surface area contributed by atoms with E-state index >= 15 is 0 Å². The lowest BCUT2D eigenvalue weighted by atomic mass is 9.97. The minimum atomic E-state index is 1.02. The van der Waals surface area contributed by atoms with Crippen molar-refractivity contribution in [3.63, 3.8) is 0 Å². The third kappa shape index (κ3) is 2.44. The standard InChI is InChI=1S/C30H20N2/c1-19-10-15-28-26(16-19)25-18-23(22-12-11-20-6-2-3-7-21(20)17-22)13-14-24(25)30-31-27-8-4-5-9-29(27)32(28)30/h2-18H,1H3. The second-order valence-corrected chi connectivity index (χ2v) is 8.60. The summed E-state index contributed by atoms with van der Waals surface area (Å²) < 4.78 is 2.31. The Kier molecular flexibility index (Phi) is 3.51. The Bertz CT molecular complexity index is 1840. The van der Waals surface area contributed by atoms with E-state index in [-0.39, 0.29) is 0 Å². The first-order valence-corrected chi connectivity index (χ1v) is 11.0. The fourth-order valence-electron chi connectivity index (χ4n) is 5.02. The number of pyridine rings is 1. The molecule has 2 aromatic heterocycles. The van der Waals surface area contributed by atoms with Gasteiger partial charge in [0.2, 0.25) is 0 Å². The Morgan fingerprint density at radius 1 is 0.562 bits per heavy atom. The zero-order valence-electron chi connectivity index (χ0n) is 17.7. The van der Waals surface area contributed by atoms with Crippen LogP contribution >= 0.6 is 0 Å². The van der Waals surface area contributed by atoms with E-state index in [0.29, 0.717) is 0 Å². The quantitative estimate of drug-likeness (QED) is 0.252. The SMILES string of the molecule is Cc1ccc2c(c1)c1cc(-c3ccc4ccccc4c3)ccc1c1nc3ccccc3n21. The van der Waals surface area contributed by atoms with Crippen LogP contribution in [0.3, 0.4) is 0 Å². The van der Waals surface area contributed by atoms with Gasteiger partial charge in [-0.25, -0.2) is 4.98 Å². The molecule has 0 radical (unpaired) electrons. The first-order chi connectivity index (χ1) is 15.8. The number of hydrogen-bond acceptors (Lipinski definition) is 1. The van der Waals surface area contributed by atoms with Crippen molar-refractivity contribution < 1.29 is 0 Å². The summed E-state index contributed by atoms with van der Waals surface area (Å²) >= 11 is 0. The first kappa shape index (κ1) is 17.5. The molecule has 0 atom stereocenters. The number of benzene rings is 5. The van der Waals surface area contributed by atoms with Crippen molar-refractivity contribution in [3.8, 4) is 11.1 Å². The molecular weight excluding hydrogens is 388 g/mol. The van der Waals surface area contributed by atoms with Crippen LogP contribution in [0.5, 0.6) is 0 Å². The van der Waals surface area contributed by atoms with Crippen molar-refractivity contribution in [1.29, 1.82) is 0 Å². The van der Waals surface area contributed by atoms with E-state index in [4.69, 9.17) is 4.98 Å². The van der Waals surface area contributed by atoms with Gasteiger partial charge in [-0.2, -0.15) is 0 Å². The average Bonchev–Trinajstić information content (AvgIpc) is 3.23. The molecule has 0 N–H and O–H groups in total. The first-order valence-electron chi connectivity index (χ1n) is 11.0. The highest BCUT2D eigenvalue weighted by Gasteiger charge is 2.14. The number of aromatic nitrogens is 2. The van der Waals surface area contributed by atoms with Gasteiger partial charge in [-0.15, -0.1) is 0 Å². The van der Waals surface area contributed by atoms with Crippen LogP contribution in [0.1, 0.15) is 5.56 Å². The fourth-order valence-corrected chi connectivity index (χ4v) is 5.02. The number of imidazole rings is 1. The maximum Gasteiger partial charge on any atom is 0.146 e. The number of aryl methyl sites for hydroxylation is 1. The molecule has 2 heteroatoms. The highest BCUT2D eigenvalue weighted by Crippen LogP contribution is 2.35. The molecule has 0 aliphatic rings. The van der Waals surface area contributed by atoms with E-state index in [2.05, 4.69) is 114 Å². The summed E-state index contributed by atoms with van der Waals surface area (Å²) in [6.45, 7) is 2.16. The minimum Gasteiger partial charge on any atom is -0.292 e. The predicted octanol–water partition coefficient (Wildman–Crippen LogP) is 7.92. The van der Waals surface area contributed by atoms with Gasteiger partial charge in [0.05, 0.1) is 16.6 Å². The Balaban J connectivity index is 1.61. The molecule has 0 unspecified atom stereocenters. The van der Waals surface area contributed by atoms with E-state index in [1.54, 1.807) is 0 Å². The number of para-hydroxylation sites is 2. The highest BCUT2D eigenvalue weighted by molar-refractivity contribution is 6.15. The fraction of sp³-hybridized carbons (Fsp3) is 0.0333. The average molecular weight is 409 g/mol. The number of rotatable bonds is 1. The molecule has 2 nitrogen and oxygen atoms in total. The van der Waals surface area contributed by atoms with Crippen LogP contribution in [-0.4, -0.2) is 9.38 Å². The van der Waals surface area contributed by atoms with Gasteiger partial charge in [-0.3, -0.25) is 4.40 Å². The maximum absolute atomic E-state index is 5.02. The van der Waals surface area contributed by atoms with Crippen molar-refractivity contribution in [2.45, 2.75) is 6.92 Å². The molecule has 0 fully saturated rings. The summed E-state index contributed by atoms with van der Waals surface area (Å²) in [6, 6.07) is 37.2. The van der Waals surface area contributed by atoms with Crippen molar-refractivity contribution in [2.24, 2.45) is 0 Å². The Morgan fingerprint density at radius 3 is 2.28 bits per heavy atom. The van der Waals surface area contributed by atoms with Gasteiger partial charge in [0.1, 0.15) is 5.65 Å². The van der Waals surface area contributed by atoms with Gasteiger partial charge in [0.25, 0.3) is 0 Å². The molecular formula is C30H20N2. The van der Waals surface area contributed by atoms with Crippen LogP contribution in [0.4, 0.5) is 0 Å². The lowest BCUT2D eigenvalue weighted by Gasteiger charge is -2.12. The normalized spacial score (nSPS) is 11.9. The van der Waals surface area contributed by atoms with Gasteiger partial charge < -0.3 is 0 Å². The maximum atomic E-state index is 5.02. The summed E-state index contributed by atoms with van der Waals surface area (Å²) in [6.07, 6.45) is 0. The third-order valence-electron chi connectivity index (χ3n) is 6.59. The molecule has 0 bridgehead atoms. The van der Waals surface area contributed by atoms with E-state index in [9.17, 15) is 0 Å². The Labute approximate surface area is 185 Å². The van der Waals surface area contributed by atoms with E-state index in [1.807, 2.05) is 0 Å². The molecule has 0 saturated carbocycles.